The maximum Gasteiger partial charge on any atom is 0.257 e. The molecular weight excluding hydrogens is 515 g/mol. The van der Waals surface area contributed by atoms with Gasteiger partial charge in [0.1, 0.15) is 5.82 Å². The minimum atomic E-state index is -3.61. The van der Waals surface area contributed by atoms with Crippen molar-refractivity contribution in [2.24, 2.45) is 13.0 Å². The number of hydrogen-bond acceptors (Lipinski definition) is 4. The number of rotatable bonds is 7. The smallest absolute Gasteiger partial charge is 0.257 e. The Morgan fingerprint density at radius 2 is 1.76 bits per heavy atom. The van der Waals surface area contributed by atoms with Crippen LogP contribution in [0.4, 0.5) is 5.69 Å². The van der Waals surface area contributed by atoms with E-state index in [-0.39, 0.29) is 11.1 Å². The normalized spacial score (nSPS) is 18.9. The number of hydrogen-bond donors (Lipinski definition) is 1. The molecule has 34 heavy (non-hydrogen) atoms. The molecule has 2 aromatic carbocycles. The highest BCUT2D eigenvalue weighted by Gasteiger charge is 2.31. The minimum absolute atomic E-state index is 0.0938. The third-order valence-corrected chi connectivity index (χ3v) is 8.79. The number of benzene rings is 2. The lowest BCUT2D eigenvalue weighted by Gasteiger charge is -2.42. The molecule has 1 N–H and O–H groups in total. The van der Waals surface area contributed by atoms with Gasteiger partial charge in [-0.15, -0.1) is 0 Å². The van der Waals surface area contributed by atoms with Gasteiger partial charge in [0, 0.05) is 40.9 Å². The summed E-state index contributed by atoms with van der Waals surface area (Å²) in [5, 5.41) is 2.11. The lowest BCUT2D eigenvalue weighted by molar-refractivity contribution is 0.343. The maximum atomic E-state index is 12.7. The first-order valence-electron chi connectivity index (χ1n) is 11.1. The Morgan fingerprint density at radius 1 is 1.06 bits per heavy atom. The third kappa shape index (κ3) is 5.55. The fraction of sp³-hybridized carbons (Fsp3) is 0.375. The van der Waals surface area contributed by atoms with Gasteiger partial charge >= 0.3 is 0 Å². The number of halogens is 3. The van der Waals surface area contributed by atoms with Crippen molar-refractivity contribution in [1.29, 1.82) is 0 Å². The Morgan fingerprint density at radius 3 is 2.41 bits per heavy atom. The van der Waals surface area contributed by atoms with Gasteiger partial charge in [-0.05, 0) is 74.1 Å². The molecule has 1 aliphatic heterocycles. The highest BCUT2D eigenvalue weighted by Crippen LogP contribution is 2.41. The molecule has 2 atom stereocenters. The van der Waals surface area contributed by atoms with Crippen LogP contribution >= 0.6 is 34.8 Å². The van der Waals surface area contributed by atoms with Crippen molar-refractivity contribution in [3.8, 4) is 0 Å². The van der Waals surface area contributed by atoms with Crippen LogP contribution in [-0.4, -0.2) is 31.1 Å². The highest BCUT2D eigenvalue weighted by atomic mass is 35.5. The Kier molecular flexibility index (Phi) is 7.79. The second-order valence-corrected chi connectivity index (χ2v) is 11.6. The quantitative estimate of drug-likeness (QED) is 0.397. The highest BCUT2D eigenvalue weighted by molar-refractivity contribution is 7.89. The summed E-state index contributed by atoms with van der Waals surface area (Å²) in [5.41, 5.74) is 2.09. The van der Waals surface area contributed by atoms with Gasteiger partial charge in [-0.1, -0.05) is 40.9 Å². The summed E-state index contributed by atoms with van der Waals surface area (Å²) in [7, 11) is -1.91. The fourth-order valence-electron chi connectivity index (χ4n) is 4.50. The zero-order chi connectivity index (χ0) is 24.5. The van der Waals surface area contributed by atoms with Crippen molar-refractivity contribution >= 4 is 50.5 Å². The van der Waals surface area contributed by atoms with E-state index in [0.29, 0.717) is 33.4 Å². The second kappa shape index (κ2) is 10.5. The summed E-state index contributed by atoms with van der Waals surface area (Å²) in [4.78, 5) is 6.42. The van der Waals surface area contributed by atoms with Gasteiger partial charge < -0.3 is 9.47 Å². The summed E-state index contributed by atoms with van der Waals surface area (Å²) < 4.78 is 29.7. The van der Waals surface area contributed by atoms with Crippen molar-refractivity contribution in [1.82, 2.24) is 14.3 Å². The van der Waals surface area contributed by atoms with Crippen LogP contribution in [0.2, 0.25) is 15.1 Å². The molecule has 2 heterocycles. The molecule has 1 fully saturated rings. The van der Waals surface area contributed by atoms with Crippen LogP contribution in [0.5, 0.6) is 0 Å². The van der Waals surface area contributed by atoms with Crippen molar-refractivity contribution in [3.63, 3.8) is 0 Å². The molecule has 1 aliphatic rings. The molecule has 0 aliphatic carbocycles. The molecule has 3 aromatic rings. The number of anilines is 1. The van der Waals surface area contributed by atoms with E-state index in [1.807, 2.05) is 36.4 Å². The van der Waals surface area contributed by atoms with Gasteiger partial charge in [0.25, 0.3) is 10.0 Å². The molecule has 0 radical (unpaired) electrons. The average Bonchev–Trinajstić information content (AvgIpc) is 3.13. The van der Waals surface area contributed by atoms with Gasteiger partial charge in [-0.2, -0.15) is 0 Å². The van der Waals surface area contributed by atoms with Crippen LogP contribution in [0.25, 0.3) is 0 Å². The second-order valence-electron chi connectivity index (χ2n) is 8.64. The van der Waals surface area contributed by atoms with E-state index in [2.05, 4.69) is 14.6 Å². The predicted octanol–water partition coefficient (Wildman–Crippen LogP) is 6.02. The zero-order valence-corrected chi connectivity index (χ0v) is 22.1. The number of nitrogens with one attached hydrogen (secondary N) is 1. The summed E-state index contributed by atoms with van der Waals surface area (Å²) in [6.07, 6.45) is 3.96. The van der Waals surface area contributed by atoms with E-state index < -0.39 is 10.0 Å². The van der Waals surface area contributed by atoms with Crippen LogP contribution < -0.4 is 9.62 Å². The van der Waals surface area contributed by atoms with Gasteiger partial charge in [0.15, 0.2) is 5.03 Å². The number of nitrogens with zero attached hydrogens (tertiary/aromatic N) is 3. The van der Waals surface area contributed by atoms with E-state index in [4.69, 9.17) is 34.8 Å². The average molecular weight is 542 g/mol. The fourth-order valence-corrected chi connectivity index (χ4v) is 6.38. The zero-order valence-electron chi connectivity index (χ0n) is 19.0. The van der Waals surface area contributed by atoms with Crippen LogP contribution in [0, 0.1) is 12.8 Å². The molecular formula is C24H27Cl3N4O2S. The topological polar surface area (TPSA) is 67.2 Å². The summed E-state index contributed by atoms with van der Waals surface area (Å²) in [6, 6.07) is 13.5. The van der Waals surface area contributed by atoms with Gasteiger partial charge in [0.2, 0.25) is 0 Å². The molecule has 182 valence electrons. The van der Waals surface area contributed by atoms with Gasteiger partial charge in [0.05, 0.1) is 12.2 Å². The first-order valence-corrected chi connectivity index (χ1v) is 13.7. The van der Waals surface area contributed by atoms with E-state index in [1.54, 1.807) is 24.6 Å². The number of piperidine rings is 1. The molecule has 0 saturated carbocycles. The standard InChI is InChI=1S/C24H27Cl3N4O2S/c1-16-28-14-24(30(16)2)34(32,33)29-12-11-17-3-10-23(21-9-6-19(26)13-22(21)27)31(15-17)20-7-4-18(25)5-8-20/h4-9,13-14,17,23,29H,3,10-12,15H2,1-2H3/t17-,23-/m0/s1. The monoisotopic (exact) mass is 540 g/mol. The van der Waals surface area contributed by atoms with Crippen molar-refractivity contribution in [3.05, 3.63) is 75.1 Å². The molecule has 6 nitrogen and oxygen atoms in total. The van der Waals surface area contributed by atoms with Crippen LogP contribution in [0.15, 0.2) is 53.7 Å². The van der Waals surface area contributed by atoms with E-state index >= 15 is 0 Å². The van der Waals surface area contributed by atoms with Gasteiger partial charge in [-0.25, -0.2) is 18.1 Å². The molecule has 1 saturated heterocycles. The van der Waals surface area contributed by atoms with E-state index in [9.17, 15) is 8.42 Å². The Hall–Kier alpha value is -1.77. The lowest BCUT2D eigenvalue weighted by Crippen LogP contribution is -2.39. The minimum Gasteiger partial charge on any atom is -0.364 e. The summed E-state index contributed by atoms with van der Waals surface area (Å²) in [6.45, 7) is 2.91. The predicted molar refractivity (Wildman–Crippen MR) is 138 cm³/mol. The lowest BCUT2D eigenvalue weighted by atomic mass is 9.86. The Bertz CT molecular complexity index is 1260. The summed E-state index contributed by atoms with van der Waals surface area (Å²) in [5.74, 6) is 0.965. The largest absolute Gasteiger partial charge is 0.364 e. The molecule has 4 rings (SSSR count). The number of sulfonamides is 1. The number of imidazole rings is 1. The summed E-state index contributed by atoms with van der Waals surface area (Å²) >= 11 is 18.8. The molecule has 0 amide bonds. The number of aromatic nitrogens is 2. The SMILES string of the molecule is Cc1ncc(S(=O)(=O)NCC[C@@H]2CC[C@@H](c3ccc(Cl)cc3Cl)N(c3ccc(Cl)cc3)C2)n1C. The third-order valence-electron chi connectivity index (χ3n) is 6.46. The van der Waals surface area contributed by atoms with E-state index in [0.717, 1.165) is 37.1 Å². The Balaban J connectivity index is 1.48. The Labute approximate surface area is 215 Å². The van der Waals surface area contributed by atoms with Crippen molar-refractivity contribution < 1.29 is 8.42 Å². The van der Waals surface area contributed by atoms with Crippen molar-refractivity contribution in [2.45, 2.75) is 37.3 Å². The van der Waals surface area contributed by atoms with Gasteiger partial charge in [-0.3, -0.25) is 0 Å². The molecule has 0 bridgehead atoms. The molecule has 0 unspecified atom stereocenters. The van der Waals surface area contributed by atoms with E-state index in [1.165, 1.54) is 6.20 Å². The maximum absolute atomic E-state index is 12.7. The molecule has 1 aromatic heterocycles. The molecule has 0 spiro atoms. The molecule has 10 heteroatoms. The van der Waals surface area contributed by atoms with Crippen molar-refractivity contribution in [2.75, 3.05) is 18.0 Å². The van der Waals surface area contributed by atoms with Crippen LogP contribution in [-0.2, 0) is 17.1 Å². The first-order chi connectivity index (χ1) is 16.2. The number of aryl methyl sites for hydroxylation is 1. The van der Waals surface area contributed by atoms with Crippen LogP contribution in [0.1, 0.15) is 36.7 Å². The van der Waals surface area contributed by atoms with Crippen LogP contribution in [0.3, 0.4) is 0 Å². The first kappa shape index (κ1) is 25.3.